The molecule has 6 heteroatoms. The summed E-state index contributed by atoms with van der Waals surface area (Å²) in [4.78, 5) is 24.7. The molecule has 0 spiro atoms. The van der Waals surface area contributed by atoms with E-state index in [4.69, 9.17) is 9.47 Å². The van der Waals surface area contributed by atoms with E-state index < -0.39 is 12.1 Å². The molecule has 0 rings (SSSR count). The molecule has 0 aromatic rings. The van der Waals surface area contributed by atoms with Gasteiger partial charge in [-0.25, -0.2) is 0 Å². The van der Waals surface area contributed by atoms with Crippen LogP contribution in [0.2, 0.25) is 0 Å². The Morgan fingerprint density at radius 1 is 0.676 bits per heavy atom. The minimum absolute atomic E-state index is 0.00385. The summed E-state index contributed by atoms with van der Waals surface area (Å²) in [6, 6.07) is -0.354. The van der Waals surface area contributed by atoms with Crippen molar-refractivity contribution in [3.8, 4) is 0 Å². The second-order valence-corrected chi connectivity index (χ2v) is 10.7. The van der Waals surface area contributed by atoms with Crippen LogP contribution in [0.5, 0.6) is 0 Å². The van der Waals surface area contributed by atoms with Gasteiger partial charge in [-0.2, -0.15) is 0 Å². The van der Waals surface area contributed by atoms with E-state index in [-0.39, 0.29) is 25.0 Å². The van der Waals surface area contributed by atoms with E-state index in [1.165, 1.54) is 77.0 Å². The minimum Gasteiger partial charge on any atom is -0.463 e. The van der Waals surface area contributed by atoms with Gasteiger partial charge in [0.25, 0.3) is 0 Å². The highest BCUT2D eigenvalue weighted by molar-refractivity contribution is 5.76. The van der Waals surface area contributed by atoms with Gasteiger partial charge in [-0.1, -0.05) is 124 Å². The van der Waals surface area contributed by atoms with Crippen molar-refractivity contribution in [2.24, 2.45) is 0 Å². The molecular weight excluding hydrogens is 466 g/mol. The lowest BCUT2D eigenvalue weighted by atomic mass is 10.1. The molecule has 0 saturated carbocycles. The molecule has 0 unspecified atom stereocenters. The second-order valence-electron chi connectivity index (χ2n) is 10.7. The summed E-state index contributed by atoms with van der Waals surface area (Å²) >= 11 is 0. The van der Waals surface area contributed by atoms with Crippen LogP contribution < -0.4 is 5.32 Å². The third-order valence-corrected chi connectivity index (χ3v) is 6.82. The topological polar surface area (TPSA) is 84.9 Å². The van der Waals surface area contributed by atoms with Gasteiger partial charge in [-0.15, -0.1) is 0 Å². The zero-order chi connectivity index (χ0) is 27.4. The maximum Gasteiger partial charge on any atom is 0.308 e. The number of esters is 1. The first-order valence-electron chi connectivity index (χ1n) is 15.7. The first kappa shape index (κ1) is 35.9. The van der Waals surface area contributed by atoms with Crippen molar-refractivity contribution in [3.05, 3.63) is 0 Å². The lowest BCUT2D eigenvalue weighted by molar-refractivity contribution is -0.147. The molecule has 220 valence electrons. The molecule has 0 aromatic carbocycles. The Labute approximate surface area is 229 Å². The Kier molecular flexibility index (Phi) is 27.0. The van der Waals surface area contributed by atoms with Gasteiger partial charge in [-0.3, -0.25) is 9.59 Å². The SMILES string of the molecule is CCCCCCCCCCCCCC(=O)N[C@H](COCCCC)COC(=O)C[C@H](O)CCCCCCC. The molecule has 37 heavy (non-hydrogen) atoms. The third-order valence-electron chi connectivity index (χ3n) is 6.82. The van der Waals surface area contributed by atoms with E-state index in [1.54, 1.807) is 0 Å². The summed E-state index contributed by atoms with van der Waals surface area (Å²) < 4.78 is 11.1. The number of aliphatic hydroxyl groups is 1. The van der Waals surface area contributed by atoms with Crippen molar-refractivity contribution in [1.82, 2.24) is 5.32 Å². The number of carbonyl (C=O) groups is 2. The van der Waals surface area contributed by atoms with Crippen LogP contribution in [-0.2, 0) is 19.1 Å². The number of carbonyl (C=O) groups excluding carboxylic acids is 2. The maximum absolute atomic E-state index is 12.5. The van der Waals surface area contributed by atoms with Crippen LogP contribution in [-0.4, -0.2) is 48.9 Å². The highest BCUT2D eigenvalue weighted by Gasteiger charge is 2.17. The number of hydrogen-bond donors (Lipinski definition) is 2. The van der Waals surface area contributed by atoms with Crippen LogP contribution in [0, 0.1) is 0 Å². The van der Waals surface area contributed by atoms with Gasteiger partial charge in [0, 0.05) is 13.0 Å². The fourth-order valence-corrected chi connectivity index (χ4v) is 4.38. The van der Waals surface area contributed by atoms with Gasteiger partial charge in [0.15, 0.2) is 0 Å². The monoisotopic (exact) mass is 527 g/mol. The second kappa shape index (κ2) is 27.9. The summed E-state index contributed by atoms with van der Waals surface area (Å²) in [5.74, 6) is -0.428. The maximum atomic E-state index is 12.5. The van der Waals surface area contributed by atoms with Gasteiger partial charge in [0.1, 0.15) is 6.61 Å². The first-order chi connectivity index (χ1) is 18.0. The molecule has 0 radical (unpaired) electrons. The number of amides is 1. The van der Waals surface area contributed by atoms with Crippen molar-refractivity contribution in [3.63, 3.8) is 0 Å². The van der Waals surface area contributed by atoms with Gasteiger partial charge >= 0.3 is 5.97 Å². The molecule has 0 bridgehead atoms. The molecule has 0 aliphatic rings. The highest BCUT2D eigenvalue weighted by atomic mass is 16.5. The lowest BCUT2D eigenvalue weighted by Gasteiger charge is -2.19. The summed E-state index contributed by atoms with van der Waals surface area (Å²) in [5, 5.41) is 13.1. The number of hydrogen-bond acceptors (Lipinski definition) is 5. The number of nitrogens with one attached hydrogen (secondary N) is 1. The zero-order valence-corrected chi connectivity index (χ0v) is 24.7. The predicted molar refractivity (Wildman–Crippen MR) is 154 cm³/mol. The lowest BCUT2D eigenvalue weighted by Crippen LogP contribution is -2.42. The zero-order valence-electron chi connectivity index (χ0n) is 24.7. The average Bonchev–Trinajstić information content (AvgIpc) is 2.88. The van der Waals surface area contributed by atoms with Crippen molar-refractivity contribution < 1.29 is 24.2 Å². The Morgan fingerprint density at radius 3 is 1.76 bits per heavy atom. The number of unbranched alkanes of at least 4 members (excludes halogenated alkanes) is 15. The predicted octanol–water partition coefficient (Wildman–Crippen LogP) is 7.64. The van der Waals surface area contributed by atoms with Crippen LogP contribution in [0.3, 0.4) is 0 Å². The van der Waals surface area contributed by atoms with E-state index >= 15 is 0 Å². The number of aliphatic hydroxyl groups excluding tert-OH is 1. The summed E-state index contributed by atoms with van der Waals surface area (Å²) in [7, 11) is 0. The van der Waals surface area contributed by atoms with Crippen molar-refractivity contribution in [2.75, 3.05) is 19.8 Å². The van der Waals surface area contributed by atoms with Gasteiger partial charge in [0.2, 0.25) is 5.91 Å². The molecule has 0 aromatic heterocycles. The Hall–Kier alpha value is -1.14. The molecule has 0 saturated heterocycles. The first-order valence-corrected chi connectivity index (χ1v) is 15.7. The molecule has 2 N–H and O–H groups in total. The smallest absolute Gasteiger partial charge is 0.308 e. The standard InChI is InChI=1S/C31H61NO5/c1-4-7-10-12-13-14-15-16-17-19-21-23-30(34)32-28(26-36-24-9-6-3)27-37-31(35)25-29(33)22-20-18-11-8-5-2/h28-29,33H,4-27H2,1-3H3,(H,32,34)/t28-,29-/m1/s1. The van der Waals surface area contributed by atoms with Gasteiger partial charge in [0.05, 0.1) is 25.2 Å². The molecule has 6 nitrogen and oxygen atoms in total. The van der Waals surface area contributed by atoms with Crippen LogP contribution >= 0.6 is 0 Å². The fourth-order valence-electron chi connectivity index (χ4n) is 4.38. The summed E-state index contributed by atoms with van der Waals surface area (Å²) in [5.41, 5.74) is 0. The molecule has 2 atom stereocenters. The molecule has 0 aliphatic heterocycles. The molecule has 1 amide bonds. The minimum atomic E-state index is -0.663. The molecule has 0 fully saturated rings. The van der Waals surface area contributed by atoms with E-state index in [9.17, 15) is 14.7 Å². The Balaban J connectivity index is 4.11. The van der Waals surface area contributed by atoms with Gasteiger partial charge in [-0.05, 0) is 19.3 Å². The summed E-state index contributed by atoms with van der Waals surface area (Å²) in [6.45, 7) is 7.57. The van der Waals surface area contributed by atoms with Gasteiger partial charge < -0.3 is 19.9 Å². The fraction of sp³-hybridized carbons (Fsp3) is 0.935. The number of ether oxygens (including phenoxy) is 2. The molecule has 0 heterocycles. The Morgan fingerprint density at radius 2 is 1.19 bits per heavy atom. The third kappa shape index (κ3) is 26.3. The Bertz CT molecular complexity index is 514. The quantitative estimate of drug-likeness (QED) is 0.0806. The number of rotatable bonds is 28. The normalized spacial score (nSPS) is 12.9. The van der Waals surface area contributed by atoms with Crippen molar-refractivity contribution in [1.29, 1.82) is 0 Å². The van der Waals surface area contributed by atoms with E-state index in [2.05, 4.69) is 26.1 Å². The van der Waals surface area contributed by atoms with Crippen LogP contribution in [0.25, 0.3) is 0 Å². The highest BCUT2D eigenvalue weighted by Crippen LogP contribution is 2.12. The van der Waals surface area contributed by atoms with Crippen molar-refractivity contribution in [2.45, 2.75) is 168 Å². The largest absolute Gasteiger partial charge is 0.463 e. The molecular formula is C31H61NO5. The molecule has 0 aliphatic carbocycles. The summed E-state index contributed by atoms with van der Waals surface area (Å²) in [6.07, 6.45) is 21.8. The van der Waals surface area contributed by atoms with Crippen LogP contribution in [0.1, 0.15) is 156 Å². The van der Waals surface area contributed by atoms with Crippen LogP contribution in [0.15, 0.2) is 0 Å². The van der Waals surface area contributed by atoms with Crippen LogP contribution in [0.4, 0.5) is 0 Å². The van der Waals surface area contributed by atoms with E-state index in [0.717, 1.165) is 38.5 Å². The van der Waals surface area contributed by atoms with Crippen molar-refractivity contribution >= 4 is 11.9 Å². The van der Waals surface area contributed by atoms with E-state index in [0.29, 0.717) is 26.1 Å². The average molecular weight is 528 g/mol. The van der Waals surface area contributed by atoms with E-state index in [1.807, 2.05) is 0 Å².